The molecule has 31 heavy (non-hydrogen) atoms. The Balaban J connectivity index is 1.73. The van der Waals surface area contributed by atoms with Crippen molar-refractivity contribution in [1.29, 1.82) is 0 Å². The molecule has 1 aromatic heterocycles. The van der Waals surface area contributed by atoms with Crippen molar-refractivity contribution in [2.75, 3.05) is 5.32 Å². The molecule has 0 unspecified atom stereocenters. The molecule has 0 aliphatic heterocycles. The van der Waals surface area contributed by atoms with Crippen LogP contribution in [0.5, 0.6) is 0 Å². The van der Waals surface area contributed by atoms with Crippen LogP contribution in [0.4, 0.5) is 5.82 Å². The van der Waals surface area contributed by atoms with Gasteiger partial charge in [-0.25, -0.2) is 9.48 Å². The number of hydrogen-bond acceptors (Lipinski definition) is 5. The molecule has 3 rings (SSSR count). The zero-order valence-corrected chi connectivity index (χ0v) is 17.7. The van der Waals surface area contributed by atoms with Crippen molar-refractivity contribution in [3.8, 4) is 0 Å². The topological polar surface area (TPSA) is 90.3 Å². The Morgan fingerprint density at radius 1 is 0.968 bits per heavy atom. The molecule has 1 amide bonds. The molecule has 1 heterocycles. The standard InChI is InChI=1S/C24H25N3O4/c1-4-16(2)27-21(14-15-25-27)26-23(29)17(3)31-24(30)20-13-9-8-12-19(20)22(28)18-10-6-5-7-11-18/h5-17H,4H2,1-3H3,(H,26,29)/t16-,17+/m0/s1. The number of benzene rings is 2. The predicted molar refractivity (Wildman–Crippen MR) is 117 cm³/mol. The second-order valence-electron chi connectivity index (χ2n) is 7.20. The quantitative estimate of drug-likeness (QED) is 0.435. The molecule has 0 radical (unpaired) electrons. The summed E-state index contributed by atoms with van der Waals surface area (Å²) in [6.07, 6.45) is 1.39. The molecule has 160 valence electrons. The van der Waals surface area contributed by atoms with Crippen molar-refractivity contribution in [1.82, 2.24) is 9.78 Å². The SMILES string of the molecule is CC[C@H](C)n1nccc1NC(=O)[C@@H](C)OC(=O)c1ccccc1C(=O)c1ccccc1. The highest BCUT2D eigenvalue weighted by molar-refractivity contribution is 6.14. The fourth-order valence-electron chi connectivity index (χ4n) is 3.05. The van der Waals surface area contributed by atoms with Gasteiger partial charge in [0.05, 0.1) is 17.8 Å². The molecule has 7 nitrogen and oxygen atoms in total. The number of hydrogen-bond donors (Lipinski definition) is 1. The minimum atomic E-state index is -1.06. The summed E-state index contributed by atoms with van der Waals surface area (Å²) in [7, 11) is 0. The Hall–Kier alpha value is -3.74. The fourth-order valence-corrected chi connectivity index (χ4v) is 3.05. The third kappa shape index (κ3) is 5.06. The summed E-state index contributed by atoms with van der Waals surface area (Å²) in [5.74, 6) is -0.979. The first kappa shape index (κ1) is 22.0. The number of carbonyl (C=O) groups excluding carboxylic acids is 3. The Morgan fingerprint density at radius 2 is 1.61 bits per heavy atom. The van der Waals surface area contributed by atoms with E-state index in [2.05, 4.69) is 10.4 Å². The van der Waals surface area contributed by atoms with E-state index in [0.29, 0.717) is 11.4 Å². The summed E-state index contributed by atoms with van der Waals surface area (Å²) in [6.45, 7) is 5.50. The number of anilines is 1. The van der Waals surface area contributed by atoms with Crippen LogP contribution in [0.25, 0.3) is 0 Å². The molecular formula is C24H25N3O4. The van der Waals surface area contributed by atoms with Gasteiger partial charge in [0, 0.05) is 17.2 Å². The van der Waals surface area contributed by atoms with Gasteiger partial charge in [-0.1, -0.05) is 55.5 Å². The molecule has 3 aromatic rings. The highest BCUT2D eigenvalue weighted by atomic mass is 16.5. The van der Waals surface area contributed by atoms with Gasteiger partial charge in [0.15, 0.2) is 11.9 Å². The van der Waals surface area contributed by atoms with Gasteiger partial charge in [0.2, 0.25) is 0 Å². The van der Waals surface area contributed by atoms with Crippen LogP contribution >= 0.6 is 0 Å². The van der Waals surface area contributed by atoms with Crippen LogP contribution < -0.4 is 5.32 Å². The maximum atomic E-state index is 12.8. The van der Waals surface area contributed by atoms with Crippen molar-refractivity contribution in [2.45, 2.75) is 39.3 Å². The van der Waals surface area contributed by atoms with Gasteiger partial charge in [-0.15, -0.1) is 0 Å². The number of ketones is 1. The number of rotatable bonds is 8. The average Bonchev–Trinajstić information content (AvgIpc) is 3.26. The highest BCUT2D eigenvalue weighted by Crippen LogP contribution is 2.19. The van der Waals surface area contributed by atoms with Crippen molar-refractivity contribution in [3.63, 3.8) is 0 Å². The maximum Gasteiger partial charge on any atom is 0.339 e. The first-order valence-electron chi connectivity index (χ1n) is 10.2. The fraction of sp³-hybridized carbons (Fsp3) is 0.250. The lowest BCUT2D eigenvalue weighted by Gasteiger charge is -2.17. The van der Waals surface area contributed by atoms with Crippen LogP contribution in [0, 0.1) is 0 Å². The number of nitrogens with zero attached hydrogens (tertiary/aromatic N) is 2. The molecule has 2 aromatic carbocycles. The van der Waals surface area contributed by atoms with E-state index in [9.17, 15) is 14.4 Å². The van der Waals surface area contributed by atoms with E-state index >= 15 is 0 Å². The number of ether oxygens (including phenoxy) is 1. The van der Waals surface area contributed by atoms with Gasteiger partial charge < -0.3 is 10.1 Å². The molecule has 0 aliphatic rings. The number of carbonyl (C=O) groups is 3. The van der Waals surface area contributed by atoms with E-state index in [1.165, 1.54) is 13.0 Å². The highest BCUT2D eigenvalue weighted by Gasteiger charge is 2.24. The van der Waals surface area contributed by atoms with Crippen LogP contribution in [0.2, 0.25) is 0 Å². The molecule has 1 N–H and O–H groups in total. The maximum absolute atomic E-state index is 12.8. The normalized spacial score (nSPS) is 12.6. The number of esters is 1. The van der Waals surface area contributed by atoms with Crippen LogP contribution in [0.15, 0.2) is 66.9 Å². The molecule has 0 aliphatic carbocycles. The van der Waals surface area contributed by atoms with Gasteiger partial charge in [0.25, 0.3) is 5.91 Å². The molecule has 7 heteroatoms. The first-order chi connectivity index (χ1) is 14.9. The molecule has 0 bridgehead atoms. The minimum absolute atomic E-state index is 0.110. The predicted octanol–water partition coefficient (Wildman–Crippen LogP) is 4.27. The number of nitrogens with one attached hydrogen (secondary N) is 1. The smallest absolute Gasteiger partial charge is 0.339 e. The van der Waals surface area contributed by atoms with Crippen molar-refractivity contribution in [3.05, 3.63) is 83.6 Å². The molecule has 2 atom stereocenters. The van der Waals surface area contributed by atoms with Crippen LogP contribution in [0.1, 0.15) is 59.5 Å². The second kappa shape index (κ2) is 9.84. The van der Waals surface area contributed by atoms with Gasteiger partial charge in [-0.2, -0.15) is 5.10 Å². The largest absolute Gasteiger partial charge is 0.449 e. The summed E-state index contributed by atoms with van der Waals surface area (Å²) in [5.41, 5.74) is 0.800. The van der Waals surface area contributed by atoms with E-state index in [4.69, 9.17) is 4.74 Å². The van der Waals surface area contributed by atoms with Gasteiger partial charge in [-0.05, 0) is 26.3 Å². The lowest BCUT2D eigenvalue weighted by molar-refractivity contribution is -0.123. The van der Waals surface area contributed by atoms with Crippen molar-refractivity contribution in [2.24, 2.45) is 0 Å². The lowest BCUT2D eigenvalue weighted by atomic mass is 9.98. The van der Waals surface area contributed by atoms with Gasteiger partial charge in [0.1, 0.15) is 5.82 Å². The molecule has 0 fully saturated rings. The molecule has 0 saturated carbocycles. The first-order valence-corrected chi connectivity index (χ1v) is 10.2. The van der Waals surface area contributed by atoms with Gasteiger partial charge in [-0.3, -0.25) is 9.59 Å². The summed E-state index contributed by atoms with van der Waals surface area (Å²) in [5, 5.41) is 6.97. The Kier molecular flexibility index (Phi) is 6.97. The third-order valence-electron chi connectivity index (χ3n) is 5.01. The minimum Gasteiger partial charge on any atom is -0.449 e. The lowest BCUT2D eigenvalue weighted by Crippen LogP contribution is -2.31. The van der Waals surface area contributed by atoms with Crippen LogP contribution in [-0.2, 0) is 9.53 Å². The Bertz CT molecular complexity index is 1080. The molecule has 0 spiro atoms. The molecular weight excluding hydrogens is 394 g/mol. The van der Waals surface area contributed by atoms with Crippen LogP contribution in [0.3, 0.4) is 0 Å². The Morgan fingerprint density at radius 3 is 2.29 bits per heavy atom. The van der Waals surface area contributed by atoms with E-state index in [-0.39, 0.29) is 23.0 Å². The summed E-state index contributed by atoms with van der Waals surface area (Å²) in [4.78, 5) is 38.2. The van der Waals surface area contributed by atoms with Crippen molar-refractivity contribution >= 4 is 23.5 Å². The zero-order chi connectivity index (χ0) is 22.4. The second-order valence-corrected chi connectivity index (χ2v) is 7.20. The molecule has 0 saturated heterocycles. The third-order valence-corrected chi connectivity index (χ3v) is 5.01. The number of aromatic nitrogens is 2. The van der Waals surface area contributed by atoms with Crippen LogP contribution in [-0.4, -0.2) is 33.5 Å². The zero-order valence-electron chi connectivity index (χ0n) is 17.7. The average molecular weight is 419 g/mol. The van der Waals surface area contributed by atoms with E-state index in [1.54, 1.807) is 59.4 Å². The van der Waals surface area contributed by atoms with E-state index in [1.807, 2.05) is 19.9 Å². The summed E-state index contributed by atoms with van der Waals surface area (Å²) in [6, 6.07) is 16.9. The van der Waals surface area contributed by atoms with E-state index < -0.39 is 18.0 Å². The van der Waals surface area contributed by atoms with E-state index in [0.717, 1.165) is 6.42 Å². The van der Waals surface area contributed by atoms with Gasteiger partial charge >= 0.3 is 5.97 Å². The van der Waals surface area contributed by atoms with Crippen molar-refractivity contribution < 1.29 is 19.1 Å². The summed E-state index contributed by atoms with van der Waals surface area (Å²) < 4.78 is 7.08. The monoisotopic (exact) mass is 419 g/mol. The number of amides is 1. The Labute approximate surface area is 181 Å². The summed E-state index contributed by atoms with van der Waals surface area (Å²) >= 11 is 0.